The summed E-state index contributed by atoms with van der Waals surface area (Å²) < 4.78 is 1.85. The second kappa shape index (κ2) is 10.7. The number of nitrogens with zero attached hydrogens (tertiary/aromatic N) is 3. The topological polar surface area (TPSA) is 50.2 Å². The maximum absolute atomic E-state index is 13.3. The Kier molecular flexibility index (Phi) is 7.33. The molecule has 0 radical (unpaired) electrons. The van der Waals surface area contributed by atoms with Crippen LogP contribution in [0, 0.1) is 0 Å². The van der Waals surface area contributed by atoms with E-state index in [1.54, 1.807) is 0 Å². The number of nitrogens with one attached hydrogen (secondary N) is 1. The van der Waals surface area contributed by atoms with Gasteiger partial charge in [-0.25, -0.2) is 0 Å². The Morgan fingerprint density at radius 3 is 2.06 bits per heavy atom. The van der Waals surface area contributed by atoms with Crippen LogP contribution in [0.25, 0.3) is 11.3 Å². The summed E-state index contributed by atoms with van der Waals surface area (Å²) in [7, 11) is 4.10. The lowest BCUT2D eigenvalue weighted by atomic mass is 10.0. The molecule has 0 aliphatic rings. The molecule has 1 unspecified atom stereocenters. The van der Waals surface area contributed by atoms with Crippen LogP contribution in [0.15, 0.2) is 97.2 Å². The average Bonchev–Trinajstić information content (AvgIpc) is 3.27. The first-order valence-electron chi connectivity index (χ1n) is 11.3. The lowest BCUT2D eigenvalue weighted by molar-refractivity contribution is 0.0942. The lowest BCUT2D eigenvalue weighted by Gasteiger charge is -2.24. The molecule has 0 spiro atoms. The second-order valence-electron chi connectivity index (χ2n) is 8.46. The van der Waals surface area contributed by atoms with E-state index < -0.39 is 0 Å². The summed E-state index contributed by atoms with van der Waals surface area (Å²) in [5, 5.41) is 7.93. The van der Waals surface area contributed by atoms with Crippen molar-refractivity contribution in [3.05, 3.63) is 114 Å². The van der Waals surface area contributed by atoms with Gasteiger partial charge < -0.3 is 10.2 Å². The van der Waals surface area contributed by atoms with E-state index in [1.807, 2.05) is 91.7 Å². The third-order valence-corrected chi connectivity index (χ3v) is 5.78. The molecule has 168 valence electrons. The van der Waals surface area contributed by atoms with Crippen molar-refractivity contribution in [2.24, 2.45) is 0 Å². The number of aromatic nitrogens is 2. The van der Waals surface area contributed by atoms with Gasteiger partial charge in [-0.3, -0.25) is 9.48 Å². The van der Waals surface area contributed by atoms with Crippen LogP contribution < -0.4 is 5.32 Å². The summed E-state index contributed by atoms with van der Waals surface area (Å²) in [6.07, 6.45) is 2.72. The number of hydrogen-bond donors (Lipinski definition) is 1. The number of benzene rings is 3. The predicted molar refractivity (Wildman–Crippen MR) is 133 cm³/mol. The molecule has 5 nitrogen and oxygen atoms in total. The number of amides is 1. The van der Waals surface area contributed by atoms with Gasteiger partial charge in [0.05, 0.1) is 12.1 Å². The fraction of sp³-hybridized carbons (Fsp3) is 0.214. The summed E-state index contributed by atoms with van der Waals surface area (Å²) in [5.74, 6) is -0.104. The van der Waals surface area contributed by atoms with Gasteiger partial charge in [0.1, 0.15) is 5.69 Å². The lowest BCUT2D eigenvalue weighted by Crippen LogP contribution is -2.41. The van der Waals surface area contributed by atoms with Gasteiger partial charge in [-0.1, -0.05) is 91.0 Å². The summed E-state index contributed by atoms with van der Waals surface area (Å²) in [4.78, 5) is 15.5. The molecule has 0 saturated carbocycles. The Bertz CT molecular complexity index is 1150. The van der Waals surface area contributed by atoms with Gasteiger partial charge in [0.25, 0.3) is 5.91 Å². The largest absolute Gasteiger partial charge is 0.350 e. The average molecular weight is 439 g/mol. The zero-order valence-corrected chi connectivity index (χ0v) is 19.2. The van der Waals surface area contributed by atoms with Crippen molar-refractivity contribution < 1.29 is 4.79 Å². The van der Waals surface area contributed by atoms with E-state index in [4.69, 9.17) is 5.10 Å². The van der Waals surface area contributed by atoms with Crippen LogP contribution in [-0.4, -0.2) is 47.3 Å². The zero-order chi connectivity index (χ0) is 23.0. The molecule has 0 aliphatic carbocycles. The Morgan fingerprint density at radius 2 is 1.45 bits per heavy atom. The highest BCUT2D eigenvalue weighted by Crippen LogP contribution is 2.22. The minimum Gasteiger partial charge on any atom is -0.350 e. The molecule has 0 fully saturated rings. The van der Waals surface area contributed by atoms with E-state index in [-0.39, 0.29) is 11.9 Å². The molecule has 4 aromatic rings. The van der Waals surface area contributed by atoms with Crippen molar-refractivity contribution in [1.29, 1.82) is 0 Å². The van der Waals surface area contributed by atoms with Crippen LogP contribution in [0.3, 0.4) is 0 Å². The summed E-state index contributed by atoms with van der Waals surface area (Å²) in [6.45, 7) is 1.17. The van der Waals surface area contributed by atoms with Crippen molar-refractivity contribution in [2.45, 2.75) is 19.0 Å². The van der Waals surface area contributed by atoms with Crippen molar-refractivity contribution in [3.63, 3.8) is 0 Å². The highest BCUT2D eigenvalue weighted by molar-refractivity contribution is 5.99. The number of rotatable bonds is 9. The van der Waals surface area contributed by atoms with Gasteiger partial charge in [0, 0.05) is 24.3 Å². The van der Waals surface area contributed by atoms with Gasteiger partial charge in [-0.05, 0) is 31.6 Å². The predicted octanol–water partition coefficient (Wildman–Crippen LogP) is 4.50. The van der Waals surface area contributed by atoms with Crippen LogP contribution in [0.1, 0.15) is 21.5 Å². The molecule has 3 aromatic carbocycles. The maximum atomic E-state index is 13.3. The first-order valence-corrected chi connectivity index (χ1v) is 11.3. The normalized spacial score (nSPS) is 12.0. The Hall–Kier alpha value is -3.70. The molecule has 5 heteroatoms. The molecule has 0 bridgehead atoms. The van der Waals surface area contributed by atoms with Gasteiger partial charge in [-0.2, -0.15) is 5.10 Å². The third-order valence-electron chi connectivity index (χ3n) is 5.78. The smallest absolute Gasteiger partial charge is 0.255 e. The van der Waals surface area contributed by atoms with Gasteiger partial charge >= 0.3 is 0 Å². The van der Waals surface area contributed by atoms with Gasteiger partial charge in [0.2, 0.25) is 0 Å². The third kappa shape index (κ3) is 5.96. The summed E-state index contributed by atoms with van der Waals surface area (Å²) >= 11 is 0. The Balaban J connectivity index is 1.53. The number of carbonyl (C=O) groups excluding carboxylic acids is 1. The van der Waals surface area contributed by atoms with Crippen LogP contribution in [0.2, 0.25) is 0 Å². The standard InChI is InChI=1S/C28H30N4O/c1-31(2)25(18-22-12-6-3-7-13-22)19-29-28(33)26-21-32(20-23-14-8-4-9-15-23)30-27(26)24-16-10-5-11-17-24/h3-17,21,25H,18-20H2,1-2H3,(H,29,33). The molecule has 0 saturated heterocycles. The molecule has 1 N–H and O–H groups in total. The van der Waals surface area contributed by atoms with Crippen molar-refractivity contribution >= 4 is 5.91 Å². The molecule has 1 heterocycles. The second-order valence-corrected chi connectivity index (χ2v) is 8.46. The fourth-order valence-corrected chi connectivity index (χ4v) is 3.88. The van der Waals surface area contributed by atoms with Crippen molar-refractivity contribution in [2.75, 3.05) is 20.6 Å². The highest BCUT2D eigenvalue weighted by atomic mass is 16.1. The molecular weight excluding hydrogens is 408 g/mol. The molecule has 1 atom stereocenters. The summed E-state index contributed by atoms with van der Waals surface area (Å²) in [5.41, 5.74) is 4.62. The number of hydrogen-bond acceptors (Lipinski definition) is 3. The van der Waals surface area contributed by atoms with E-state index in [0.29, 0.717) is 24.3 Å². The van der Waals surface area contributed by atoms with Crippen LogP contribution in [0.5, 0.6) is 0 Å². The Morgan fingerprint density at radius 1 is 0.879 bits per heavy atom. The van der Waals surface area contributed by atoms with Crippen LogP contribution in [0.4, 0.5) is 0 Å². The van der Waals surface area contributed by atoms with E-state index in [2.05, 4.69) is 34.5 Å². The molecular formula is C28H30N4O. The first-order chi connectivity index (χ1) is 16.1. The van der Waals surface area contributed by atoms with Gasteiger partial charge in [0.15, 0.2) is 0 Å². The SMILES string of the molecule is CN(C)C(CNC(=O)c1cn(Cc2ccccc2)nc1-c1ccccc1)Cc1ccccc1. The molecule has 0 aliphatic heterocycles. The minimum absolute atomic E-state index is 0.104. The van der Waals surface area contributed by atoms with Gasteiger partial charge in [-0.15, -0.1) is 0 Å². The van der Waals surface area contributed by atoms with E-state index in [0.717, 1.165) is 17.5 Å². The summed E-state index contributed by atoms with van der Waals surface area (Å²) in [6, 6.07) is 30.6. The first kappa shape index (κ1) is 22.5. The quantitative estimate of drug-likeness (QED) is 0.419. The van der Waals surface area contributed by atoms with Crippen LogP contribution >= 0.6 is 0 Å². The molecule has 33 heavy (non-hydrogen) atoms. The molecule has 1 amide bonds. The molecule has 4 rings (SSSR count). The number of likely N-dealkylation sites (N-methyl/N-ethyl adjacent to an activating group) is 1. The van der Waals surface area contributed by atoms with E-state index >= 15 is 0 Å². The minimum atomic E-state index is -0.104. The Labute approximate surface area is 195 Å². The monoisotopic (exact) mass is 438 g/mol. The maximum Gasteiger partial charge on any atom is 0.255 e. The van der Waals surface area contributed by atoms with Crippen molar-refractivity contribution in [3.8, 4) is 11.3 Å². The van der Waals surface area contributed by atoms with Crippen LogP contribution in [-0.2, 0) is 13.0 Å². The highest BCUT2D eigenvalue weighted by Gasteiger charge is 2.20. The number of carbonyl (C=O) groups is 1. The fourth-order valence-electron chi connectivity index (χ4n) is 3.88. The molecule has 1 aromatic heterocycles. The van der Waals surface area contributed by atoms with Crippen molar-refractivity contribution in [1.82, 2.24) is 20.0 Å². The van der Waals surface area contributed by atoms with E-state index in [9.17, 15) is 4.79 Å². The zero-order valence-electron chi connectivity index (χ0n) is 19.2. The van der Waals surface area contributed by atoms with E-state index in [1.165, 1.54) is 5.56 Å².